The number of hydrogen-bond acceptors (Lipinski definition) is 3. The van der Waals surface area contributed by atoms with Gasteiger partial charge in [0.1, 0.15) is 0 Å². The highest BCUT2D eigenvalue weighted by atomic mass is 79.9. The highest BCUT2D eigenvalue weighted by Crippen LogP contribution is 2.22. The maximum absolute atomic E-state index is 12.4. The molecule has 0 aliphatic rings. The maximum atomic E-state index is 12.4. The van der Waals surface area contributed by atoms with Crippen LogP contribution in [-0.4, -0.2) is 10.9 Å². The zero-order valence-electron chi connectivity index (χ0n) is 12.9. The molecule has 0 unspecified atom stereocenters. The van der Waals surface area contributed by atoms with E-state index >= 15 is 0 Å². The fourth-order valence-corrected chi connectivity index (χ4v) is 2.60. The smallest absolute Gasteiger partial charge is 0.257 e. The van der Waals surface area contributed by atoms with Gasteiger partial charge in [0.25, 0.3) is 5.91 Å². The van der Waals surface area contributed by atoms with E-state index in [4.69, 9.17) is 0 Å². The van der Waals surface area contributed by atoms with E-state index in [0.717, 1.165) is 15.8 Å². The molecule has 1 aromatic heterocycles. The SMILES string of the molecule is O=C(Nc1ccccc1Br)c1cncc(NCc2ccccc2)c1. The molecule has 120 valence electrons. The van der Waals surface area contributed by atoms with Gasteiger partial charge < -0.3 is 10.6 Å². The van der Waals surface area contributed by atoms with Crippen LogP contribution in [-0.2, 0) is 6.54 Å². The fourth-order valence-electron chi connectivity index (χ4n) is 2.22. The molecule has 5 heteroatoms. The first-order valence-corrected chi connectivity index (χ1v) is 8.30. The second-order valence-electron chi connectivity index (χ2n) is 5.24. The summed E-state index contributed by atoms with van der Waals surface area (Å²) >= 11 is 3.42. The van der Waals surface area contributed by atoms with E-state index in [-0.39, 0.29) is 5.91 Å². The normalized spacial score (nSPS) is 10.2. The van der Waals surface area contributed by atoms with Gasteiger partial charge in [-0.25, -0.2) is 0 Å². The summed E-state index contributed by atoms with van der Waals surface area (Å²) in [5, 5.41) is 6.15. The number of carbonyl (C=O) groups is 1. The molecule has 0 radical (unpaired) electrons. The second kappa shape index (κ2) is 7.75. The van der Waals surface area contributed by atoms with Gasteiger partial charge >= 0.3 is 0 Å². The predicted octanol–water partition coefficient (Wildman–Crippen LogP) is 4.71. The lowest BCUT2D eigenvalue weighted by Gasteiger charge is -2.09. The van der Waals surface area contributed by atoms with Crippen molar-refractivity contribution in [1.29, 1.82) is 0 Å². The molecule has 24 heavy (non-hydrogen) atoms. The number of aromatic nitrogens is 1. The molecule has 0 atom stereocenters. The Morgan fingerprint density at radius 3 is 2.54 bits per heavy atom. The van der Waals surface area contributed by atoms with Crippen molar-refractivity contribution in [1.82, 2.24) is 4.98 Å². The van der Waals surface area contributed by atoms with E-state index in [1.807, 2.05) is 54.6 Å². The molecule has 0 fully saturated rings. The first-order valence-electron chi connectivity index (χ1n) is 7.51. The number of hydrogen-bond donors (Lipinski definition) is 2. The summed E-state index contributed by atoms with van der Waals surface area (Å²) in [5.74, 6) is -0.197. The largest absolute Gasteiger partial charge is 0.380 e. The first kappa shape index (κ1) is 16.2. The maximum Gasteiger partial charge on any atom is 0.257 e. The molecule has 0 aliphatic heterocycles. The summed E-state index contributed by atoms with van der Waals surface area (Å²) in [6.45, 7) is 0.678. The van der Waals surface area contributed by atoms with Crippen LogP contribution in [0.3, 0.4) is 0 Å². The van der Waals surface area contributed by atoms with Crippen molar-refractivity contribution in [3.63, 3.8) is 0 Å². The first-order chi connectivity index (χ1) is 11.7. The van der Waals surface area contributed by atoms with Crippen LogP contribution in [0.5, 0.6) is 0 Å². The van der Waals surface area contributed by atoms with Gasteiger partial charge in [-0.05, 0) is 39.7 Å². The fraction of sp³-hybridized carbons (Fsp3) is 0.0526. The summed E-state index contributed by atoms with van der Waals surface area (Å²) in [5.41, 5.74) is 3.20. The van der Waals surface area contributed by atoms with E-state index in [2.05, 4.69) is 31.5 Å². The number of carbonyl (C=O) groups excluding carboxylic acids is 1. The Kier molecular flexibility index (Phi) is 5.23. The van der Waals surface area contributed by atoms with Crippen LogP contribution in [0.1, 0.15) is 15.9 Å². The van der Waals surface area contributed by atoms with Crippen molar-refractivity contribution in [3.8, 4) is 0 Å². The molecule has 0 saturated carbocycles. The van der Waals surface area contributed by atoms with Crippen LogP contribution in [0.4, 0.5) is 11.4 Å². The third kappa shape index (κ3) is 4.20. The van der Waals surface area contributed by atoms with Gasteiger partial charge in [-0.1, -0.05) is 42.5 Å². The van der Waals surface area contributed by atoms with Gasteiger partial charge in [-0.3, -0.25) is 9.78 Å². The summed E-state index contributed by atoms with van der Waals surface area (Å²) in [4.78, 5) is 16.5. The minimum Gasteiger partial charge on any atom is -0.380 e. The number of nitrogens with one attached hydrogen (secondary N) is 2. The molecular weight excluding hydrogens is 366 g/mol. The van der Waals surface area contributed by atoms with Crippen molar-refractivity contribution < 1.29 is 4.79 Å². The van der Waals surface area contributed by atoms with Gasteiger partial charge in [-0.15, -0.1) is 0 Å². The molecule has 4 nitrogen and oxygen atoms in total. The van der Waals surface area contributed by atoms with Gasteiger partial charge in [-0.2, -0.15) is 0 Å². The van der Waals surface area contributed by atoms with Crippen LogP contribution in [0.2, 0.25) is 0 Å². The molecule has 0 bridgehead atoms. The average Bonchev–Trinajstić information content (AvgIpc) is 2.63. The Morgan fingerprint density at radius 1 is 1.00 bits per heavy atom. The lowest BCUT2D eigenvalue weighted by molar-refractivity contribution is 0.102. The number of benzene rings is 2. The number of nitrogens with zero attached hydrogens (tertiary/aromatic N) is 1. The molecule has 1 amide bonds. The topological polar surface area (TPSA) is 54.0 Å². The standard InChI is InChI=1S/C19H16BrN3O/c20-17-8-4-5-9-18(17)23-19(24)15-10-16(13-21-12-15)22-11-14-6-2-1-3-7-14/h1-10,12-13,22H,11H2,(H,23,24). The molecule has 0 spiro atoms. The Balaban J connectivity index is 1.68. The zero-order valence-corrected chi connectivity index (χ0v) is 14.5. The van der Waals surface area contributed by atoms with Crippen LogP contribution >= 0.6 is 15.9 Å². The molecule has 1 heterocycles. The van der Waals surface area contributed by atoms with Crippen molar-refractivity contribution >= 4 is 33.2 Å². The van der Waals surface area contributed by atoms with Crippen molar-refractivity contribution in [2.45, 2.75) is 6.54 Å². The van der Waals surface area contributed by atoms with Crippen molar-refractivity contribution in [2.75, 3.05) is 10.6 Å². The second-order valence-corrected chi connectivity index (χ2v) is 6.09. The van der Waals surface area contributed by atoms with Crippen LogP contribution in [0.25, 0.3) is 0 Å². The van der Waals surface area contributed by atoms with Crippen LogP contribution < -0.4 is 10.6 Å². The Hall–Kier alpha value is -2.66. The summed E-state index contributed by atoms with van der Waals surface area (Å²) < 4.78 is 0.838. The molecule has 2 N–H and O–H groups in total. The molecule has 2 aromatic carbocycles. The number of halogens is 1. The zero-order chi connectivity index (χ0) is 16.8. The molecule has 0 aliphatic carbocycles. The van der Waals surface area contributed by atoms with E-state index in [1.165, 1.54) is 5.56 Å². The molecule has 3 rings (SSSR count). The minimum absolute atomic E-state index is 0.197. The molecule has 3 aromatic rings. The Labute approximate surface area is 149 Å². The number of pyridine rings is 1. The van der Waals surface area contributed by atoms with Gasteiger partial charge in [0.2, 0.25) is 0 Å². The van der Waals surface area contributed by atoms with Crippen LogP contribution in [0.15, 0.2) is 77.5 Å². The van der Waals surface area contributed by atoms with Gasteiger partial charge in [0.15, 0.2) is 0 Å². The van der Waals surface area contributed by atoms with E-state index < -0.39 is 0 Å². The summed E-state index contributed by atoms with van der Waals surface area (Å²) in [7, 11) is 0. The Bertz CT molecular complexity index is 837. The highest BCUT2D eigenvalue weighted by Gasteiger charge is 2.09. The van der Waals surface area contributed by atoms with Gasteiger partial charge in [0, 0.05) is 23.4 Å². The third-order valence-corrected chi connectivity index (χ3v) is 4.15. The third-order valence-electron chi connectivity index (χ3n) is 3.46. The minimum atomic E-state index is -0.197. The lowest BCUT2D eigenvalue weighted by atomic mass is 10.2. The highest BCUT2D eigenvalue weighted by molar-refractivity contribution is 9.10. The predicted molar refractivity (Wildman–Crippen MR) is 100 cm³/mol. The summed E-state index contributed by atoms with van der Waals surface area (Å²) in [6, 6.07) is 19.4. The number of amides is 1. The van der Waals surface area contributed by atoms with Crippen LogP contribution in [0, 0.1) is 0 Å². The monoisotopic (exact) mass is 381 g/mol. The van der Waals surface area contributed by atoms with E-state index in [1.54, 1.807) is 18.5 Å². The van der Waals surface area contributed by atoms with Crippen molar-refractivity contribution in [2.24, 2.45) is 0 Å². The molecule has 0 saturated heterocycles. The van der Waals surface area contributed by atoms with E-state index in [9.17, 15) is 4.79 Å². The van der Waals surface area contributed by atoms with E-state index in [0.29, 0.717) is 12.1 Å². The number of anilines is 2. The Morgan fingerprint density at radius 2 is 1.75 bits per heavy atom. The number of rotatable bonds is 5. The van der Waals surface area contributed by atoms with Crippen molar-refractivity contribution in [3.05, 3.63) is 88.7 Å². The molecular formula is C19H16BrN3O. The number of para-hydroxylation sites is 1. The average molecular weight is 382 g/mol. The van der Waals surface area contributed by atoms with Gasteiger partial charge in [0.05, 0.1) is 16.9 Å². The lowest BCUT2D eigenvalue weighted by Crippen LogP contribution is -2.13. The quantitative estimate of drug-likeness (QED) is 0.672. The summed E-state index contributed by atoms with van der Waals surface area (Å²) in [6.07, 6.45) is 3.26.